The van der Waals surface area contributed by atoms with Crippen LogP contribution in [0.5, 0.6) is 11.5 Å². The van der Waals surface area contributed by atoms with Gasteiger partial charge in [-0.25, -0.2) is 0 Å². The van der Waals surface area contributed by atoms with Crippen molar-refractivity contribution in [3.63, 3.8) is 0 Å². The highest BCUT2D eigenvalue weighted by Crippen LogP contribution is 2.32. The van der Waals surface area contributed by atoms with Crippen LogP contribution < -0.4 is 20.1 Å². The van der Waals surface area contributed by atoms with Gasteiger partial charge in [0.25, 0.3) is 11.6 Å². The third kappa shape index (κ3) is 4.81. The summed E-state index contributed by atoms with van der Waals surface area (Å²) in [5.41, 5.74) is 1.27. The van der Waals surface area contributed by atoms with Gasteiger partial charge < -0.3 is 20.1 Å². The van der Waals surface area contributed by atoms with Crippen LogP contribution in [0.2, 0.25) is 0 Å². The summed E-state index contributed by atoms with van der Waals surface area (Å²) in [5.74, 6) is 0.347. The molecular formula is C20H21N3O6. The molecule has 2 aromatic rings. The fourth-order valence-electron chi connectivity index (χ4n) is 2.92. The zero-order valence-electron chi connectivity index (χ0n) is 16.1. The molecule has 3 rings (SSSR count). The fourth-order valence-corrected chi connectivity index (χ4v) is 2.92. The number of nitro benzene ring substituents is 1. The minimum Gasteiger partial charge on any atom is -0.486 e. The third-order valence-electron chi connectivity index (χ3n) is 4.52. The van der Waals surface area contributed by atoms with Crippen molar-refractivity contribution in [1.82, 2.24) is 10.6 Å². The van der Waals surface area contributed by atoms with Crippen molar-refractivity contribution in [3.05, 3.63) is 63.2 Å². The van der Waals surface area contributed by atoms with Gasteiger partial charge in [0.05, 0.1) is 17.5 Å². The summed E-state index contributed by atoms with van der Waals surface area (Å²) in [6, 6.07) is 9.30. The van der Waals surface area contributed by atoms with Crippen molar-refractivity contribution in [2.45, 2.75) is 19.9 Å². The first-order chi connectivity index (χ1) is 13.8. The molecule has 0 radical (unpaired) electrons. The van der Waals surface area contributed by atoms with Gasteiger partial charge in [0, 0.05) is 17.2 Å². The van der Waals surface area contributed by atoms with E-state index in [2.05, 4.69) is 10.6 Å². The van der Waals surface area contributed by atoms with Crippen molar-refractivity contribution >= 4 is 17.5 Å². The van der Waals surface area contributed by atoms with E-state index in [1.54, 1.807) is 13.0 Å². The number of aryl methyl sites for hydroxylation is 1. The monoisotopic (exact) mass is 399 g/mol. The Morgan fingerprint density at radius 3 is 2.59 bits per heavy atom. The number of rotatable bonds is 6. The van der Waals surface area contributed by atoms with Crippen molar-refractivity contribution in [3.8, 4) is 11.5 Å². The van der Waals surface area contributed by atoms with Gasteiger partial charge >= 0.3 is 0 Å². The molecule has 2 amide bonds. The molecule has 2 aromatic carbocycles. The average Bonchev–Trinajstić information content (AvgIpc) is 2.71. The predicted molar refractivity (Wildman–Crippen MR) is 104 cm³/mol. The highest BCUT2D eigenvalue weighted by Gasteiger charge is 2.18. The molecule has 0 spiro atoms. The molecule has 1 heterocycles. The van der Waals surface area contributed by atoms with Crippen LogP contribution in [0.25, 0.3) is 0 Å². The molecule has 0 saturated carbocycles. The molecule has 152 valence electrons. The molecular weight excluding hydrogens is 378 g/mol. The number of benzene rings is 2. The second kappa shape index (κ2) is 8.59. The normalized spacial score (nSPS) is 13.3. The maximum absolute atomic E-state index is 12.2. The molecule has 2 N–H and O–H groups in total. The lowest BCUT2D eigenvalue weighted by Crippen LogP contribution is -2.38. The molecule has 0 aromatic heterocycles. The number of ether oxygens (including phenoxy) is 2. The molecule has 0 aliphatic carbocycles. The highest BCUT2D eigenvalue weighted by molar-refractivity contribution is 5.97. The number of nitrogens with zero attached hydrogens (tertiary/aromatic N) is 1. The number of amides is 2. The minimum absolute atomic E-state index is 0.120. The first-order valence-corrected chi connectivity index (χ1v) is 9.07. The van der Waals surface area contributed by atoms with Crippen molar-refractivity contribution in [2.75, 3.05) is 19.8 Å². The Kier molecular flexibility index (Phi) is 5.96. The van der Waals surface area contributed by atoms with Gasteiger partial charge in [0.2, 0.25) is 5.91 Å². The van der Waals surface area contributed by atoms with Gasteiger partial charge in [-0.15, -0.1) is 0 Å². The van der Waals surface area contributed by atoms with E-state index < -0.39 is 10.8 Å². The quantitative estimate of drug-likeness (QED) is 0.568. The molecule has 1 aliphatic rings. The summed E-state index contributed by atoms with van der Waals surface area (Å²) in [6.07, 6.45) is 0. The van der Waals surface area contributed by atoms with Gasteiger partial charge in [-0.2, -0.15) is 0 Å². The van der Waals surface area contributed by atoms with Crippen molar-refractivity contribution in [1.29, 1.82) is 0 Å². The molecule has 1 aliphatic heterocycles. The van der Waals surface area contributed by atoms with Crippen LogP contribution in [0.1, 0.15) is 34.5 Å². The predicted octanol–water partition coefficient (Wildman–Crippen LogP) is 2.28. The summed E-state index contributed by atoms with van der Waals surface area (Å²) in [6.45, 7) is 4.12. The number of nitrogens with one attached hydrogen (secondary N) is 2. The first kappa shape index (κ1) is 20.1. The fraction of sp³-hybridized carbons (Fsp3) is 0.300. The molecule has 0 unspecified atom stereocenters. The lowest BCUT2D eigenvalue weighted by Gasteiger charge is -2.21. The van der Waals surface area contributed by atoms with Crippen LogP contribution in [0.4, 0.5) is 5.69 Å². The molecule has 0 fully saturated rings. The second-order valence-electron chi connectivity index (χ2n) is 6.63. The molecule has 9 nitrogen and oxygen atoms in total. The molecule has 0 bridgehead atoms. The van der Waals surface area contributed by atoms with E-state index in [-0.39, 0.29) is 29.7 Å². The lowest BCUT2D eigenvalue weighted by atomic mass is 10.1. The number of hydrogen-bond donors (Lipinski definition) is 2. The van der Waals surface area contributed by atoms with Gasteiger partial charge in [0.1, 0.15) is 13.2 Å². The zero-order valence-corrected chi connectivity index (χ0v) is 16.1. The van der Waals surface area contributed by atoms with Crippen LogP contribution in [-0.4, -0.2) is 36.5 Å². The Hall–Kier alpha value is -3.62. The van der Waals surface area contributed by atoms with Gasteiger partial charge in [-0.3, -0.25) is 19.7 Å². The van der Waals surface area contributed by atoms with E-state index in [0.717, 1.165) is 5.56 Å². The van der Waals surface area contributed by atoms with Crippen LogP contribution in [0.3, 0.4) is 0 Å². The Labute approximate surface area is 167 Å². The largest absolute Gasteiger partial charge is 0.486 e. The Bertz CT molecular complexity index is 959. The van der Waals surface area contributed by atoms with Crippen LogP contribution in [0, 0.1) is 17.0 Å². The second-order valence-corrected chi connectivity index (χ2v) is 6.63. The first-order valence-electron chi connectivity index (χ1n) is 9.07. The average molecular weight is 399 g/mol. The summed E-state index contributed by atoms with van der Waals surface area (Å²) < 4.78 is 11.0. The van der Waals surface area contributed by atoms with E-state index in [9.17, 15) is 19.7 Å². The van der Waals surface area contributed by atoms with Crippen LogP contribution in [0.15, 0.2) is 36.4 Å². The van der Waals surface area contributed by atoms with E-state index in [1.807, 2.05) is 19.1 Å². The number of nitro groups is 1. The van der Waals surface area contributed by atoms with E-state index in [0.29, 0.717) is 30.3 Å². The maximum atomic E-state index is 12.2. The Morgan fingerprint density at radius 1 is 1.14 bits per heavy atom. The number of fused-ring (bicyclic) bond motifs is 1. The summed E-state index contributed by atoms with van der Waals surface area (Å²) >= 11 is 0. The standard InChI is InChI=1S/C20H21N3O6/c1-12-3-4-15(9-16(12)23(26)27)20(25)21-11-19(24)22-13(2)14-5-6-17-18(10-14)29-8-7-28-17/h3-6,9-10,13H,7-8,11H2,1-2H3,(H,21,25)(H,22,24)/t13-/m1/s1. The topological polar surface area (TPSA) is 120 Å². The smallest absolute Gasteiger partial charge is 0.273 e. The van der Waals surface area contributed by atoms with E-state index in [1.165, 1.54) is 18.2 Å². The van der Waals surface area contributed by atoms with Crippen LogP contribution >= 0.6 is 0 Å². The van der Waals surface area contributed by atoms with Gasteiger partial charge in [-0.1, -0.05) is 12.1 Å². The summed E-state index contributed by atoms with van der Waals surface area (Å²) in [7, 11) is 0. The number of hydrogen-bond acceptors (Lipinski definition) is 6. The molecule has 1 atom stereocenters. The van der Waals surface area contributed by atoms with Crippen molar-refractivity contribution < 1.29 is 24.0 Å². The summed E-state index contributed by atoms with van der Waals surface area (Å²) in [5, 5.41) is 16.3. The third-order valence-corrected chi connectivity index (χ3v) is 4.52. The van der Waals surface area contributed by atoms with Crippen molar-refractivity contribution in [2.24, 2.45) is 0 Å². The van der Waals surface area contributed by atoms with Crippen LogP contribution in [-0.2, 0) is 4.79 Å². The minimum atomic E-state index is -0.560. The van der Waals surface area contributed by atoms with E-state index in [4.69, 9.17) is 9.47 Å². The maximum Gasteiger partial charge on any atom is 0.273 e. The van der Waals surface area contributed by atoms with Gasteiger partial charge in [0.15, 0.2) is 11.5 Å². The summed E-state index contributed by atoms with van der Waals surface area (Å²) in [4.78, 5) is 34.9. The number of carbonyl (C=O) groups is 2. The molecule has 0 saturated heterocycles. The SMILES string of the molecule is Cc1ccc(C(=O)NCC(=O)N[C@H](C)c2ccc3c(c2)OCCO3)cc1[N+](=O)[O-]. The zero-order chi connectivity index (χ0) is 21.0. The number of carbonyl (C=O) groups excluding carboxylic acids is 2. The Morgan fingerprint density at radius 2 is 1.86 bits per heavy atom. The highest BCUT2D eigenvalue weighted by atomic mass is 16.6. The Balaban J connectivity index is 1.56. The van der Waals surface area contributed by atoms with Gasteiger partial charge in [-0.05, 0) is 37.6 Å². The molecule has 29 heavy (non-hydrogen) atoms. The molecule has 9 heteroatoms. The van der Waals surface area contributed by atoms with E-state index >= 15 is 0 Å². The lowest BCUT2D eigenvalue weighted by molar-refractivity contribution is -0.385.